The largest absolute Gasteiger partial charge is 0.416 e. The van der Waals surface area contributed by atoms with Crippen LogP contribution in [-0.4, -0.2) is 47.0 Å². The molecule has 4 nitrogen and oxygen atoms in total. The van der Waals surface area contributed by atoms with E-state index >= 15 is 0 Å². The third-order valence-corrected chi connectivity index (χ3v) is 6.86. The smallest absolute Gasteiger partial charge is 0.345 e. The standard InChI is InChI=1S/C20H25F3N2O2S/c1-13-17(26)25(11-5-10-24(2)18(27)14-6-3-7-14)19(28-13)15-8-4-9-16(12-15)20(21,22)23/h4,8-9,12-14,19H,3,5-7,10-11H2,1-2H3/t13-,19-/m0/s1. The summed E-state index contributed by atoms with van der Waals surface area (Å²) >= 11 is 1.37. The third-order valence-electron chi connectivity index (χ3n) is 5.47. The predicted octanol–water partition coefficient (Wildman–Crippen LogP) is 4.32. The van der Waals surface area contributed by atoms with Crippen molar-refractivity contribution >= 4 is 23.6 Å². The molecule has 1 aromatic rings. The number of alkyl halides is 3. The number of carbonyl (C=O) groups excluding carboxylic acids is 2. The molecule has 0 radical (unpaired) electrons. The number of halogens is 3. The van der Waals surface area contributed by atoms with Gasteiger partial charge < -0.3 is 9.80 Å². The third kappa shape index (κ3) is 4.47. The molecule has 8 heteroatoms. The zero-order chi connectivity index (χ0) is 20.5. The van der Waals surface area contributed by atoms with E-state index in [9.17, 15) is 22.8 Å². The predicted molar refractivity (Wildman–Crippen MR) is 103 cm³/mol. The number of rotatable bonds is 6. The molecule has 3 rings (SSSR count). The fourth-order valence-corrected chi connectivity index (χ4v) is 4.88. The van der Waals surface area contributed by atoms with Crippen molar-refractivity contribution < 1.29 is 22.8 Å². The number of hydrogen-bond donors (Lipinski definition) is 0. The maximum absolute atomic E-state index is 13.0. The molecule has 2 fully saturated rings. The van der Waals surface area contributed by atoms with Gasteiger partial charge in [-0.25, -0.2) is 0 Å². The molecular weight excluding hydrogens is 389 g/mol. The molecule has 2 atom stereocenters. The van der Waals surface area contributed by atoms with Crippen LogP contribution in [0.15, 0.2) is 24.3 Å². The summed E-state index contributed by atoms with van der Waals surface area (Å²) in [6.07, 6.45) is -0.826. The first-order valence-corrected chi connectivity index (χ1v) is 10.5. The molecule has 1 aromatic carbocycles. The minimum Gasteiger partial charge on any atom is -0.345 e. The van der Waals surface area contributed by atoms with Crippen LogP contribution in [0.2, 0.25) is 0 Å². The number of hydrogen-bond acceptors (Lipinski definition) is 3. The Labute approximate surface area is 167 Å². The van der Waals surface area contributed by atoms with Gasteiger partial charge >= 0.3 is 6.18 Å². The van der Waals surface area contributed by atoms with Gasteiger partial charge in [0.15, 0.2) is 0 Å². The van der Waals surface area contributed by atoms with Gasteiger partial charge in [-0.1, -0.05) is 18.6 Å². The first-order valence-electron chi connectivity index (χ1n) is 9.56. The monoisotopic (exact) mass is 414 g/mol. The zero-order valence-corrected chi connectivity index (χ0v) is 16.9. The maximum Gasteiger partial charge on any atom is 0.416 e. The number of carbonyl (C=O) groups is 2. The van der Waals surface area contributed by atoms with E-state index in [4.69, 9.17) is 0 Å². The van der Waals surface area contributed by atoms with E-state index in [-0.39, 0.29) is 23.0 Å². The summed E-state index contributed by atoms with van der Waals surface area (Å²) in [5.41, 5.74) is -0.222. The van der Waals surface area contributed by atoms with Crippen molar-refractivity contribution in [1.82, 2.24) is 9.80 Å². The lowest BCUT2D eigenvalue weighted by Crippen LogP contribution is -2.38. The second-order valence-corrected chi connectivity index (χ2v) is 8.95. The summed E-state index contributed by atoms with van der Waals surface area (Å²) in [6, 6.07) is 5.19. The Kier molecular flexibility index (Phi) is 6.27. The van der Waals surface area contributed by atoms with E-state index in [1.165, 1.54) is 17.8 Å². The Morgan fingerprint density at radius 3 is 2.64 bits per heavy atom. The second kappa shape index (κ2) is 8.35. The lowest BCUT2D eigenvalue weighted by atomic mass is 9.84. The van der Waals surface area contributed by atoms with Crippen LogP contribution in [0.4, 0.5) is 13.2 Å². The van der Waals surface area contributed by atoms with Crippen molar-refractivity contribution in [1.29, 1.82) is 0 Å². The molecule has 0 bridgehead atoms. The van der Waals surface area contributed by atoms with Crippen molar-refractivity contribution in [3.63, 3.8) is 0 Å². The topological polar surface area (TPSA) is 40.6 Å². The molecule has 1 saturated carbocycles. The highest BCUT2D eigenvalue weighted by Crippen LogP contribution is 2.44. The van der Waals surface area contributed by atoms with Crippen LogP contribution in [-0.2, 0) is 15.8 Å². The van der Waals surface area contributed by atoms with Crippen molar-refractivity contribution in [2.75, 3.05) is 20.1 Å². The Bertz CT molecular complexity index is 736. The van der Waals surface area contributed by atoms with Crippen LogP contribution in [0.3, 0.4) is 0 Å². The van der Waals surface area contributed by atoms with E-state index in [1.54, 1.807) is 29.8 Å². The van der Waals surface area contributed by atoms with Crippen molar-refractivity contribution in [2.24, 2.45) is 5.92 Å². The summed E-state index contributed by atoms with van der Waals surface area (Å²) in [5.74, 6) is 0.211. The van der Waals surface area contributed by atoms with Crippen LogP contribution < -0.4 is 0 Å². The second-order valence-electron chi connectivity index (χ2n) is 7.53. The Balaban J connectivity index is 1.65. The number of thioether (sulfide) groups is 1. The van der Waals surface area contributed by atoms with Gasteiger partial charge in [0, 0.05) is 26.1 Å². The summed E-state index contributed by atoms with van der Waals surface area (Å²) in [4.78, 5) is 28.1. The first-order chi connectivity index (χ1) is 13.2. The van der Waals surface area contributed by atoms with Gasteiger partial charge in [0.25, 0.3) is 0 Å². The molecular formula is C20H25F3N2O2S. The summed E-state index contributed by atoms with van der Waals surface area (Å²) in [5, 5.41) is -0.730. The van der Waals surface area contributed by atoms with Gasteiger partial charge in [-0.15, -0.1) is 11.8 Å². The van der Waals surface area contributed by atoms with Gasteiger partial charge in [0.2, 0.25) is 11.8 Å². The highest BCUT2D eigenvalue weighted by Gasteiger charge is 2.39. The fourth-order valence-electron chi connectivity index (χ4n) is 3.58. The Hall–Kier alpha value is -1.70. The molecule has 2 amide bonds. The van der Waals surface area contributed by atoms with Gasteiger partial charge in [-0.05, 0) is 43.9 Å². The molecule has 2 aliphatic rings. The van der Waals surface area contributed by atoms with Crippen molar-refractivity contribution in [3.05, 3.63) is 35.4 Å². The van der Waals surface area contributed by atoms with E-state index in [0.29, 0.717) is 25.1 Å². The van der Waals surface area contributed by atoms with Crippen molar-refractivity contribution in [3.8, 4) is 0 Å². The number of nitrogens with zero attached hydrogens (tertiary/aromatic N) is 2. The van der Waals surface area contributed by atoms with Crippen LogP contribution in [0.1, 0.15) is 49.1 Å². The van der Waals surface area contributed by atoms with E-state index in [1.807, 2.05) is 0 Å². The molecule has 0 N–H and O–H groups in total. The average molecular weight is 414 g/mol. The minimum atomic E-state index is -4.41. The van der Waals surface area contributed by atoms with Crippen LogP contribution in [0.25, 0.3) is 0 Å². The quantitative estimate of drug-likeness (QED) is 0.696. The fraction of sp³-hybridized carbons (Fsp3) is 0.600. The van der Waals surface area contributed by atoms with Gasteiger partial charge in [-0.3, -0.25) is 9.59 Å². The lowest BCUT2D eigenvalue weighted by molar-refractivity contribution is -0.138. The van der Waals surface area contributed by atoms with Crippen molar-refractivity contribution in [2.45, 2.75) is 49.4 Å². The van der Waals surface area contributed by atoms with Crippen LogP contribution in [0.5, 0.6) is 0 Å². The highest BCUT2D eigenvalue weighted by atomic mass is 32.2. The molecule has 28 heavy (non-hydrogen) atoms. The lowest BCUT2D eigenvalue weighted by Gasteiger charge is -2.30. The van der Waals surface area contributed by atoms with E-state index in [0.717, 1.165) is 31.4 Å². The molecule has 154 valence electrons. The maximum atomic E-state index is 13.0. The van der Waals surface area contributed by atoms with Crippen LogP contribution in [0, 0.1) is 5.92 Å². The number of benzene rings is 1. The zero-order valence-electron chi connectivity index (χ0n) is 16.0. The van der Waals surface area contributed by atoms with Gasteiger partial charge in [0.1, 0.15) is 5.37 Å². The number of amides is 2. The molecule has 1 saturated heterocycles. The minimum absolute atomic E-state index is 0.0691. The molecule has 1 aliphatic carbocycles. The van der Waals surface area contributed by atoms with E-state index < -0.39 is 17.1 Å². The van der Waals surface area contributed by atoms with Crippen LogP contribution >= 0.6 is 11.8 Å². The SMILES string of the molecule is C[C@@H]1S[C@@H](c2cccc(C(F)(F)F)c2)N(CCCN(C)C(=O)C2CCC2)C1=O. The van der Waals surface area contributed by atoms with Gasteiger partial charge in [-0.2, -0.15) is 13.2 Å². The Morgan fingerprint density at radius 2 is 2.04 bits per heavy atom. The van der Waals surface area contributed by atoms with E-state index in [2.05, 4.69) is 0 Å². The van der Waals surface area contributed by atoms with Gasteiger partial charge in [0.05, 0.1) is 10.8 Å². The molecule has 1 heterocycles. The summed E-state index contributed by atoms with van der Waals surface area (Å²) in [7, 11) is 1.77. The molecule has 0 aromatic heterocycles. The highest BCUT2D eigenvalue weighted by molar-refractivity contribution is 8.01. The molecule has 1 aliphatic heterocycles. The molecule has 0 unspecified atom stereocenters. The molecule has 0 spiro atoms. The summed E-state index contributed by atoms with van der Waals surface area (Å²) < 4.78 is 39.1. The normalized spacial score (nSPS) is 23.0. The first kappa shape index (κ1) is 21.0. The summed E-state index contributed by atoms with van der Waals surface area (Å²) in [6.45, 7) is 2.73. The average Bonchev–Trinajstić information content (AvgIpc) is 2.88. The Morgan fingerprint density at radius 1 is 1.32 bits per heavy atom.